The number of aromatic nitrogens is 1. The first-order valence-electron chi connectivity index (χ1n) is 9.69. The van der Waals surface area contributed by atoms with Crippen LogP contribution in [-0.4, -0.2) is 56.1 Å². The van der Waals surface area contributed by atoms with Gasteiger partial charge in [0.25, 0.3) is 5.91 Å². The lowest BCUT2D eigenvalue weighted by molar-refractivity contribution is -0.116. The van der Waals surface area contributed by atoms with Gasteiger partial charge in [-0.2, -0.15) is 0 Å². The van der Waals surface area contributed by atoms with Crippen molar-refractivity contribution in [1.82, 2.24) is 9.88 Å². The van der Waals surface area contributed by atoms with E-state index in [1.807, 2.05) is 0 Å². The van der Waals surface area contributed by atoms with Gasteiger partial charge in [0, 0.05) is 18.0 Å². The maximum Gasteiger partial charge on any atom is 0.270 e. The zero-order chi connectivity index (χ0) is 23.4. The molecule has 10 heteroatoms. The highest BCUT2D eigenvalue weighted by atomic mass is 35.5. The van der Waals surface area contributed by atoms with Gasteiger partial charge in [0.1, 0.15) is 18.0 Å². The number of nitrogens with zero attached hydrogens (tertiary/aromatic N) is 1. The minimum absolute atomic E-state index is 0.191. The number of anilines is 1. The summed E-state index contributed by atoms with van der Waals surface area (Å²) < 4.78 is 16.2. The van der Waals surface area contributed by atoms with Gasteiger partial charge in [-0.3, -0.25) is 9.59 Å². The second-order valence-electron chi connectivity index (χ2n) is 6.75. The number of carbonyl (C=O) groups is 2. The third kappa shape index (κ3) is 4.56. The Kier molecular flexibility index (Phi) is 7.37. The van der Waals surface area contributed by atoms with E-state index in [9.17, 15) is 9.59 Å². The topological polar surface area (TPSA) is 92.9 Å². The molecule has 0 spiro atoms. The van der Waals surface area contributed by atoms with Gasteiger partial charge in [-0.05, 0) is 25.1 Å². The summed E-state index contributed by atoms with van der Waals surface area (Å²) in [6, 6.07) is 8.25. The van der Waals surface area contributed by atoms with Crippen molar-refractivity contribution in [3.05, 3.63) is 46.1 Å². The number of hydrogen-bond donors (Lipinski definition) is 2. The van der Waals surface area contributed by atoms with Crippen LogP contribution >= 0.6 is 23.2 Å². The minimum atomic E-state index is -0.428. The number of amides is 2. The standard InChI is InChI=1S/C22H23Cl2N3O5/c1-5-27(11-18(28)26-20-13(23)7-6-8-14(20)24)22(29)15-9-12-16(30-2)10-17(31-3)21(32-4)19(12)25-15/h6-10,25H,5,11H2,1-4H3,(H,26,28). The van der Waals surface area contributed by atoms with Crippen molar-refractivity contribution in [2.75, 3.05) is 39.7 Å². The smallest absolute Gasteiger partial charge is 0.270 e. The van der Waals surface area contributed by atoms with E-state index in [-0.39, 0.29) is 18.1 Å². The van der Waals surface area contributed by atoms with Crippen molar-refractivity contribution in [2.24, 2.45) is 0 Å². The molecule has 1 aromatic heterocycles. The molecular weight excluding hydrogens is 457 g/mol. The van der Waals surface area contributed by atoms with E-state index in [1.54, 1.807) is 37.3 Å². The quantitative estimate of drug-likeness (QED) is 0.492. The molecule has 1 heterocycles. The van der Waals surface area contributed by atoms with Crippen molar-refractivity contribution in [2.45, 2.75) is 6.92 Å². The number of aromatic amines is 1. The highest BCUT2D eigenvalue weighted by Gasteiger charge is 2.23. The zero-order valence-electron chi connectivity index (χ0n) is 18.0. The Bertz CT molecular complexity index is 1140. The molecule has 0 bridgehead atoms. The summed E-state index contributed by atoms with van der Waals surface area (Å²) in [6.07, 6.45) is 0. The average molecular weight is 480 g/mol. The number of halogens is 2. The van der Waals surface area contributed by atoms with Crippen LogP contribution in [0.15, 0.2) is 30.3 Å². The molecule has 2 amide bonds. The van der Waals surface area contributed by atoms with Crippen molar-refractivity contribution in [3.8, 4) is 17.2 Å². The van der Waals surface area contributed by atoms with Crippen molar-refractivity contribution in [1.29, 1.82) is 0 Å². The second kappa shape index (κ2) is 10.0. The molecule has 0 atom stereocenters. The molecule has 170 valence electrons. The van der Waals surface area contributed by atoms with E-state index in [0.29, 0.717) is 50.4 Å². The molecule has 2 aromatic carbocycles. The summed E-state index contributed by atoms with van der Waals surface area (Å²) in [6.45, 7) is 1.89. The number of carbonyl (C=O) groups excluding carboxylic acids is 2. The van der Waals surface area contributed by atoms with Gasteiger partial charge in [0.05, 0.1) is 42.6 Å². The normalized spacial score (nSPS) is 10.7. The van der Waals surface area contributed by atoms with Gasteiger partial charge in [-0.15, -0.1) is 0 Å². The van der Waals surface area contributed by atoms with Crippen molar-refractivity contribution in [3.63, 3.8) is 0 Å². The fraction of sp³-hybridized carbons (Fsp3) is 0.273. The number of likely N-dealkylation sites (N-methyl/N-ethyl adjacent to an activating group) is 1. The molecular formula is C22H23Cl2N3O5. The number of H-pyrrole nitrogens is 1. The Morgan fingerprint density at radius 1 is 1.03 bits per heavy atom. The van der Waals surface area contributed by atoms with Gasteiger partial charge >= 0.3 is 0 Å². The first kappa shape index (κ1) is 23.6. The third-order valence-corrected chi connectivity index (χ3v) is 5.53. The summed E-state index contributed by atoms with van der Waals surface area (Å²) in [7, 11) is 4.55. The van der Waals surface area contributed by atoms with Crippen LogP contribution in [0, 0.1) is 0 Å². The van der Waals surface area contributed by atoms with E-state index in [4.69, 9.17) is 37.4 Å². The summed E-state index contributed by atoms with van der Waals surface area (Å²) >= 11 is 12.2. The molecule has 8 nitrogen and oxygen atoms in total. The predicted molar refractivity (Wildman–Crippen MR) is 125 cm³/mol. The number of nitrogens with one attached hydrogen (secondary N) is 2. The van der Waals surface area contributed by atoms with Crippen LogP contribution in [0.3, 0.4) is 0 Å². The van der Waals surface area contributed by atoms with E-state index in [1.165, 1.54) is 26.2 Å². The predicted octanol–water partition coefficient (Wildman–Crippen LogP) is 4.60. The lowest BCUT2D eigenvalue weighted by atomic mass is 10.2. The van der Waals surface area contributed by atoms with Crippen LogP contribution < -0.4 is 19.5 Å². The summed E-state index contributed by atoms with van der Waals surface area (Å²) in [4.78, 5) is 30.2. The Labute approximate surface area is 195 Å². The van der Waals surface area contributed by atoms with E-state index >= 15 is 0 Å². The zero-order valence-corrected chi connectivity index (χ0v) is 19.6. The molecule has 3 aromatic rings. The van der Waals surface area contributed by atoms with Crippen LogP contribution in [0.25, 0.3) is 10.9 Å². The van der Waals surface area contributed by atoms with E-state index in [2.05, 4.69) is 10.3 Å². The Morgan fingerprint density at radius 2 is 1.69 bits per heavy atom. The first-order chi connectivity index (χ1) is 15.3. The molecule has 32 heavy (non-hydrogen) atoms. The summed E-state index contributed by atoms with van der Waals surface area (Å²) in [5.41, 5.74) is 1.13. The van der Waals surface area contributed by atoms with Gasteiger partial charge in [0.15, 0.2) is 11.5 Å². The maximum absolute atomic E-state index is 13.2. The van der Waals surface area contributed by atoms with E-state index in [0.717, 1.165) is 0 Å². The van der Waals surface area contributed by atoms with Crippen LogP contribution in [0.5, 0.6) is 17.2 Å². The Morgan fingerprint density at radius 3 is 2.25 bits per heavy atom. The van der Waals surface area contributed by atoms with E-state index < -0.39 is 5.91 Å². The molecule has 0 saturated carbocycles. The molecule has 0 aliphatic carbocycles. The fourth-order valence-corrected chi connectivity index (χ4v) is 3.81. The summed E-state index contributed by atoms with van der Waals surface area (Å²) in [5, 5.41) is 3.93. The number of hydrogen-bond acceptors (Lipinski definition) is 5. The highest BCUT2D eigenvalue weighted by Crippen LogP contribution is 2.41. The molecule has 0 unspecified atom stereocenters. The molecule has 3 rings (SSSR count). The lowest BCUT2D eigenvalue weighted by Gasteiger charge is -2.20. The number of methoxy groups -OCH3 is 3. The number of rotatable bonds is 8. The average Bonchev–Trinajstić information content (AvgIpc) is 3.23. The molecule has 0 aliphatic rings. The maximum atomic E-state index is 13.2. The number of para-hydroxylation sites is 1. The van der Waals surface area contributed by atoms with Crippen LogP contribution in [0.2, 0.25) is 10.0 Å². The lowest BCUT2D eigenvalue weighted by Crippen LogP contribution is -2.38. The SMILES string of the molecule is CCN(CC(=O)Nc1c(Cl)cccc1Cl)C(=O)c1cc2c(OC)cc(OC)c(OC)c2[nH]1. The number of fused-ring (bicyclic) bond motifs is 1. The molecule has 0 saturated heterocycles. The second-order valence-corrected chi connectivity index (χ2v) is 7.56. The molecule has 0 radical (unpaired) electrons. The monoisotopic (exact) mass is 479 g/mol. The van der Waals surface area contributed by atoms with Gasteiger partial charge < -0.3 is 29.4 Å². The number of ether oxygens (including phenoxy) is 3. The molecule has 0 aliphatic heterocycles. The van der Waals surface area contributed by atoms with Gasteiger partial charge in [-0.1, -0.05) is 29.3 Å². The van der Waals surface area contributed by atoms with Gasteiger partial charge in [0.2, 0.25) is 5.91 Å². The van der Waals surface area contributed by atoms with Crippen LogP contribution in [0.1, 0.15) is 17.4 Å². The third-order valence-electron chi connectivity index (χ3n) is 4.90. The van der Waals surface area contributed by atoms with Crippen LogP contribution in [-0.2, 0) is 4.79 Å². The molecule has 0 fully saturated rings. The highest BCUT2D eigenvalue weighted by molar-refractivity contribution is 6.39. The van der Waals surface area contributed by atoms with Crippen molar-refractivity contribution >= 4 is 51.6 Å². The van der Waals surface area contributed by atoms with Gasteiger partial charge in [-0.25, -0.2) is 0 Å². The largest absolute Gasteiger partial charge is 0.496 e. The number of benzene rings is 2. The first-order valence-corrected chi connectivity index (χ1v) is 10.4. The Balaban J connectivity index is 1.88. The minimum Gasteiger partial charge on any atom is -0.496 e. The summed E-state index contributed by atoms with van der Waals surface area (Å²) in [5.74, 6) is 0.620. The Hall–Kier alpha value is -3.10. The molecule has 2 N–H and O–H groups in total. The van der Waals surface area contributed by atoms with Crippen molar-refractivity contribution < 1.29 is 23.8 Å². The van der Waals surface area contributed by atoms with Crippen LogP contribution in [0.4, 0.5) is 5.69 Å². The fourth-order valence-electron chi connectivity index (χ4n) is 3.32.